The molecule has 0 atom stereocenters. The van der Waals surface area contributed by atoms with Gasteiger partial charge in [0.2, 0.25) is 0 Å². The van der Waals surface area contributed by atoms with Crippen molar-refractivity contribution in [2.45, 2.75) is 6.92 Å². The first-order chi connectivity index (χ1) is 11.2. The van der Waals surface area contributed by atoms with Crippen molar-refractivity contribution in [3.63, 3.8) is 0 Å². The third-order valence-electron chi connectivity index (χ3n) is 3.24. The summed E-state index contributed by atoms with van der Waals surface area (Å²) in [5.74, 6) is 0.285. The lowest BCUT2D eigenvalue weighted by Crippen LogP contribution is -2.36. The van der Waals surface area contributed by atoms with Crippen molar-refractivity contribution in [1.82, 2.24) is 10.6 Å². The summed E-state index contributed by atoms with van der Waals surface area (Å²) in [6, 6.07) is 16.5. The zero-order valence-electron chi connectivity index (χ0n) is 13.0. The van der Waals surface area contributed by atoms with Gasteiger partial charge in [0.25, 0.3) is 11.8 Å². The quantitative estimate of drug-likeness (QED) is 0.768. The average molecular weight is 312 g/mol. The van der Waals surface area contributed by atoms with Gasteiger partial charge in [0.1, 0.15) is 5.75 Å². The van der Waals surface area contributed by atoms with Crippen LogP contribution in [0.1, 0.15) is 15.9 Å². The van der Waals surface area contributed by atoms with E-state index in [0.717, 1.165) is 5.56 Å². The molecular weight excluding hydrogens is 292 g/mol. The molecule has 2 aromatic carbocycles. The van der Waals surface area contributed by atoms with E-state index >= 15 is 0 Å². The van der Waals surface area contributed by atoms with Crippen LogP contribution >= 0.6 is 0 Å². The summed E-state index contributed by atoms with van der Waals surface area (Å²) in [5, 5.41) is 5.47. The largest absolute Gasteiger partial charge is 0.484 e. The number of carbonyl (C=O) groups excluding carboxylic acids is 2. The highest BCUT2D eigenvalue weighted by molar-refractivity contribution is 5.95. The van der Waals surface area contributed by atoms with Crippen LogP contribution in [0.3, 0.4) is 0 Å². The minimum Gasteiger partial charge on any atom is -0.484 e. The van der Waals surface area contributed by atoms with Gasteiger partial charge in [0, 0.05) is 18.7 Å². The van der Waals surface area contributed by atoms with E-state index in [1.165, 1.54) is 0 Å². The van der Waals surface area contributed by atoms with Crippen LogP contribution in [0, 0.1) is 6.92 Å². The highest BCUT2D eigenvalue weighted by Gasteiger charge is 2.07. The van der Waals surface area contributed by atoms with Crippen LogP contribution in [0.25, 0.3) is 0 Å². The van der Waals surface area contributed by atoms with Crippen molar-refractivity contribution < 1.29 is 14.3 Å². The number of hydrogen-bond acceptors (Lipinski definition) is 3. The highest BCUT2D eigenvalue weighted by atomic mass is 16.5. The van der Waals surface area contributed by atoms with E-state index in [9.17, 15) is 9.59 Å². The van der Waals surface area contributed by atoms with Gasteiger partial charge in [0.05, 0.1) is 0 Å². The third-order valence-corrected chi connectivity index (χ3v) is 3.24. The van der Waals surface area contributed by atoms with Crippen LogP contribution in [-0.2, 0) is 4.79 Å². The van der Waals surface area contributed by atoms with E-state index in [1.54, 1.807) is 18.2 Å². The first-order valence-electron chi connectivity index (χ1n) is 7.45. The fourth-order valence-corrected chi connectivity index (χ4v) is 2.02. The van der Waals surface area contributed by atoms with Gasteiger partial charge >= 0.3 is 0 Å². The van der Waals surface area contributed by atoms with E-state index in [-0.39, 0.29) is 18.4 Å². The van der Waals surface area contributed by atoms with Crippen molar-refractivity contribution in [2.75, 3.05) is 19.7 Å². The maximum Gasteiger partial charge on any atom is 0.258 e. The molecule has 0 aliphatic heterocycles. The molecule has 2 aromatic rings. The Labute approximate surface area is 135 Å². The van der Waals surface area contributed by atoms with Crippen LogP contribution in [0.5, 0.6) is 5.75 Å². The molecule has 5 heteroatoms. The molecule has 0 aliphatic rings. The zero-order chi connectivity index (χ0) is 16.5. The highest BCUT2D eigenvalue weighted by Crippen LogP contribution is 2.07. The Morgan fingerprint density at radius 2 is 1.57 bits per heavy atom. The molecule has 0 heterocycles. The predicted octanol–water partition coefficient (Wildman–Crippen LogP) is 1.92. The standard InChI is InChI=1S/C18H20N2O3/c1-14-7-5-6-10-16(14)18(22)20-12-11-19-17(21)13-23-15-8-3-2-4-9-15/h2-10H,11-13H2,1H3,(H,19,21)(H,20,22). The van der Waals surface area contributed by atoms with Crippen LogP contribution < -0.4 is 15.4 Å². The number of para-hydroxylation sites is 1. The van der Waals surface area contributed by atoms with Crippen LogP contribution in [0.2, 0.25) is 0 Å². The van der Waals surface area contributed by atoms with Gasteiger partial charge < -0.3 is 15.4 Å². The summed E-state index contributed by atoms with van der Waals surface area (Å²) >= 11 is 0. The molecule has 0 spiro atoms. The first kappa shape index (κ1) is 16.5. The Morgan fingerprint density at radius 1 is 0.913 bits per heavy atom. The Bertz CT molecular complexity index is 656. The van der Waals surface area contributed by atoms with E-state index < -0.39 is 0 Å². The van der Waals surface area contributed by atoms with Crippen LogP contribution in [0.15, 0.2) is 54.6 Å². The third kappa shape index (κ3) is 5.47. The summed E-state index contributed by atoms with van der Waals surface area (Å²) in [5.41, 5.74) is 1.57. The maximum absolute atomic E-state index is 12.0. The molecule has 0 radical (unpaired) electrons. The molecule has 0 bridgehead atoms. The minimum absolute atomic E-state index is 0.0459. The molecule has 2 amide bonds. The predicted molar refractivity (Wildman–Crippen MR) is 88.5 cm³/mol. The van der Waals surface area contributed by atoms with Crippen molar-refractivity contribution in [3.8, 4) is 5.75 Å². The molecule has 0 saturated heterocycles. The van der Waals surface area contributed by atoms with E-state index in [0.29, 0.717) is 24.4 Å². The molecule has 0 saturated carbocycles. The molecule has 120 valence electrons. The molecule has 0 aromatic heterocycles. The zero-order valence-corrected chi connectivity index (χ0v) is 13.0. The number of benzene rings is 2. The van der Waals surface area contributed by atoms with Crippen molar-refractivity contribution in [2.24, 2.45) is 0 Å². The van der Waals surface area contributed by atoms with Crippen molar-refractivity contribution in [3.05, 3.63) is 65.7 Å². The van der Waals surface area contributed by atoms with Gasteiger partial charge in [-0.25, -0.2) is 0 Å². The second-order valence-corrected chi connectivity index (χ2v) is 5.02. The summed E-state index contributed by atoms with van der Waals surface area (Å²) in [4.78, 5) is 23.6. The molecule has 0 aliphatic carbocycles. The lowest BCUT2D eigenvalue weighted by Gasteiger charge is -2.09. The molecule has 0 unspecified atom stereocenters. The SMILES string of the molecule is Cc1ccccc1C(=O)NCCNC(=O)COc1ccccc1. The van der Waals surface area contributed by atoms with Crippen molar-refractivity contribution in [1.29, 1.82) is 0 Å². The lowest BCUT2D eigenvalue weighted by atomic mass is 10.1. The fraction of sp³-hybridized carbons (Fsp3) is 0.222. The molecule has 23 heavy (non-hydrogen) atoms. The monoisotopic (exact) mass is 312 g/mol. The van der Waals surface area contributed by atoms with E-state index in [2.05, 4.69) is 10.6 Å². The number of ether oxygens (including phenoxy) is 1. The number of hydrogen-bond donors (Lipinski definition) is 2. The molecule has 2 rings (SSSR count). The second kappa shape index (κ2) is 8.58. The average Bonchev–Trinajstić information content (AvgIpc) is 2.58. The number of amides is 2. The lowest BCUT2D eigenvalue weighted by molar-refractivity contribution is -0.123. The van der Waals surface area contributed by atoms with Gasteiger partial charge in [-0.1, -0.05) is 36.4 Å². The fourth-order valence-electron chi connectivity index (χ4n) is 2.02. The maximum atomic E-state index is 12.0. The Hall–Kier alpha value is -2.82. The van der Waals surface area contributed by atoms with Gasteiger partial charge in [-0.2, -0.15) is 0 Å². The van der Waals surface area contributed by atoms with E-state index in [4.69, 9.17) is 4.74 Å². The molecule has 5 nitrogen and oxygen atoms in total. The number of carbonyl (C=O) groups is 2. The molecular formula is C18H20N2O3. The summed E-state index contributed by atoms with van der Waals surface area (Å²) in [6.07, 6.45) is 0. The van der Waals surface area contributed by atoms with E-state index in [1.807, 2.05) is 43.3 Å². The molecule has 2 N–H and O–H groups in total. The number of rotatable bonds is 7. The normalized spacial score (nSPS) is 9.96. The topological polar surface area (TPSA) is 67.4 Å². The summed E-state index contributed by atoms with van der Waals surface area (Å²) in [7, 11) is 0. The first-order valence-corrected chi connectivity index (χ1v) is 7.45. The number of nitrogens with one attached hydrogen (secondary N) is 2. The van der Waals surface area contributed by atoms with Crippen LogP contribution in [0.4, 0.5) is 0 Å². The van der Waals surface area contributed by atoms with Gasteiger partial charge in [-0.3, -0.25) is 9.59 Å². The van der Waals surface area contributed by atoms with Crippen molar-refractivity contribution >= 4 is 11.8 Å². The number of aryl methyl sites for hydroxylation is 1. The van der Waals surface area contributed by atoms with Gasteiger partial charge in [-0.05, 0) is 30.7 Å². The second-order valence-electron chi connectivity index (χ2n) is 5.02. The minimum atomic E-state index is -0.223. The van der Waals surface area contributed by atoms with Gasteiger partial charge in [-0.15, -0.1) is 0 Å². The Balaban J connectivity index is 1.64. The Morgan fingerprint density at radius 3 is 2.30 bits per heavy atom. The summed E-state index contributed by atoms with van der Waals surface area (Å²) in [6.45, 7) is 2.56. The summed E-state index contributed by atoms with van der Waals surface area (Å²) < 4.78 is 5.33. The smallest absolute Gasteiger partial charge is 0.258 e. The van der Waals surface area contributed by atoms with Gasteiger partial charge in [0.15, 0.2) is 6.61 Å². The van der Waals surface area contributed by atoms with Crippen LogP contribution in [-0.4, -0.2) is 31.5 Å². The Kier molecular flexibility index (Phi) is 6.17. The molecule has 0 fully saturated rings.